The number of piperidine rings is 1. The zero-order valence-corrected chi connectivity index (χ0v) is 7.92. The molecule has 0 aromatic rings. The molecular formula is C9H18N2O. The standard InChI is InChI=1S/C9H18N2O/c1-7-3-5-11(6-4-7)8(2)9(10)12/h7-8H,3-6H2,1-2H3,(H2,10,12). The van der Waals surface area contributed by atoms with Gasteiger partial charge < -0.3 is 5.73 Å². The number of carbonyl (C=O) groups excluding carboxylic acids is 1. The molecule has 2 N–H and O–H groups in total. The summed E-state index contributed by atoms with van der Waals surface area (Å²) in [4.78, 5) is 13.0. The Morgan fingerprint density at radius 3 is 2.42 bits per heavy atom. The van der Waals surface area contributed by atoms with Crippen molar-refractivity contribution in [2.24, 2.45) is 11.7 Å². The van der Waals surface area contributed by atoms with Gasteiger partial charge in [0, 0.05) is 0 Å². The minimum Gasteiger partial charge on any atom is -0.368 e. The van der Waals surface area contributed by atoms with Gasteiger partial charge in [0.25, 0.3) is 0 Å². The summed E-state index contributed by atoms with van der Waals surface area (Å²) in [5.74, 6) is 0.603. The molecule has 70 valence electrons. The van der Waals surface area contributed by atoms with Gasteiger partial charge in [0.15, 0.2) is 0 Å². The van der Waals surface area contributed by atoms with E-state index in [4.69, 9.17) is 5.73 Å². The molecule has 0 bridgehead atoms. The topological polar surface area (TPSA) is 46.3 Å². The van der Waals surface area contributed by atoms with E-state index >= 15 is 0 Å². The molecule has 12 heavy (non-hydrogen) atoms. The Morgan fingerprint density at radius 1 is 1.50 bits per heavy atom. The predicted octanol–water partition coefficient (Wildman–Crippen LogP) is 0.592. The molecule has 1 heterocycles. The lowest BCUT2D eigenvalue weighted by molar-refractivity contribution is -0.123. The summed E-state index contributed by atoms with van der Waals surface area (Å²) in [7, 11) is 0. The Bertz CT molecular complexity index is 162. The van der Waals surface area contributed by atoms with Crippen LogP contribution in [0.5, 0.6) is 0 Å². The molecule has 1 amide bonds. The minimum atomic E-state index is -0.204. The average molecular weight is 170 g/mol. The van der Waals surface area contributed by atoms with Crippen molar-refractivity contribution in [3.63, 3.8) is 0 Å². The largest absolute Gasteiger partial charge is 0.368 e. The molecule has 1 fully saturated rings. The molecule has 0 spiro atoms. The number of amides is 1. The maximum Gasteiger partial charge on any atom is 0.234 e. The molecule has 3 heteroatoms. The van der Waals surface area contributed by atoms with E-state index in [1.54, 1.807) is 0 Å². The smallest absolute Gasteiger partial charge is 0.234 e. The monoisotopic (exact) mass is 170 g/mol. The van der Waals surface area contributed by atoms with E-state index in [0.29, 0.717) is 0 Å². The third-order valence-electron chi connectivity index (χ3n) is 2.78. The molecule has 1 aliphatic heterocycles. The van der Waals surface area contributed by atoms with Crippen molar-refractivity contribution in [1.29, 1.82) is 0 Å². The van der Waals surface area contributed by atoms with Gasteiger partial charge >= 0.3 is 0 Å². The molecule has 0 radical (unpaired) electrons. The van der Waals surface area contributed by atoms with E-state index in [1.165, 1.54) is 12.8 Å². The zero-order chi connectivity index (χ0) is 9.14. The van der Waals surface area contributed by atoms with Gasteiger partial charge in [0.1, 0.15) is 0 Å². The van der Waals surface area contributed by atoms with Gasteiger partial charge in [-0.25, -0.2) is 0 Å². The maximum absolute atomic E-state index is 10.9. The Morgan fingerprint density at radius 2 is 2.00 bits per heavy atom. The van der Waals surface area contributed by atoms with Crippen molar-refractivity contribution in [3.05, 3.63) is 0 Å². The first-order valence-corrected chi connectivity index (χ1v) is 4.64. The van der Waals surface area contributed by atoms with Crippen LogP contribution in [0.25, 0.3) is 0 Å². The fraction of sp³-hybridized carbons (Fsp3) is 0.889. The van der Waals surface area contributed by atoms with Crippen LogP contribution in [0.2, 0.25) is 0 Å². The highest BCUT2D eigenvalue weighted by atomic mass is 16.1. The summed E-state index contributed by atoms with van der Waals surface area (Å²) in [5, 5.41) is 0. The molecule has 0 saturated carbocycles. The van der Waals surface area contributed by atoms with Crippen molar-refractivity contribution in [2.45, 2.75) is 32.7 Å². The number of nitrogens with two attached hydrogens (primary N) is 1. The van der Waals surface area contributed by atoms with Crippen LogP contribution in [0.1, 0.15) is 26.7 Å². The van der Waals surface area contributed by atoms with Crippen LogP contribution in [0.4, 0.5) is 0 Å². The second-order valence-electron chi connectivity index (χ2n) is 3.80. The van der Waals surface area contributed by atoms with Crippen molar-refractivity contribution in [3.8, 4) is 0 Å². The number of carbonyl (C=O) groups is 1. The van der Waals surface area contributed by atoms with Crippen LogP contribution in [0.3, 0.4) is 0 Å². The quantitative estimate of drug-likeness (QED) is 0.659. The van der Waals surface area contributed by atoms with Crippen LogP contribution in [-0.4, -0.2) is 29.9 Å². The Labute approximate surface area is 73.9 Å². The van der Waals surface area contributed by atoms with Gasteiger partial charge in [-0.15, -0.1) is 0 Å². The number of hydrogen-bond acceptors (Lipinski definition) is 2. The number of hydrogen-bond donors (Lipinski definition) is 1. The summed E-state index contributed by atoms with van der Waals surface area (Å²) in [5.41, 5.74) is 5.22. The first-order valence-electron chi connectivity index (χ1n) is 4.64. The highest BCUT2D eigenvalue weighted by Gasteiger charge is 2.22. The van der Waals surface area contributed by atoms with E-state index in [2.05, 4.69) is 11.8 Å². The van der Waals surface area contributed by atoms with Crippen molar-refractivity contribution in [2.75, 3.05) is 13.1 Å². The molecule has 0 aromatic heterocycles. The number of primary amides is 1. The van der Waals surface area contributed by atoms with Crippen LogP contribution >= 0.6 is 0 Å². The van der Waals surface area contributed by atoms with Gasteiger partial charge in [0.2, 0.25) is 5.91 Å². The predicted molar refractivity (Wildman–Crippen MR) is 48.6 cm³/mol. The molecule has 1 unspecified atom stereocenters. The summed E-state index contributed by atoms with van der Waals surface area (Å²) in [6.07, 6.45) is 2.38. The molecule has 1 saturated heterocycles. The minimum absolute atomic E-state index is 0.0856. The number of nitrogens with zero attached hydrogens (tertiary/aromatic N) is 1. The van der Waals surface area contributed by atoms with Crippen LogP contribution in [-0.2, 0) is 4.79 Å². The number of likely N-dealkylation sites (tertiary alicyclic amines) is 1. The molecule has 0 aliphatic carbocycles. The lowest BCUT2D eigenvalue weighted by Crippen LogP contribution is -2.46. The average Bonchev–Trinajstić information content (AvgIpc) is 2.04. The van der Waals surface area contributed by atoms with E-state index in [1.807, 2.05) is 6.92 Å². The third-order valence-corrected chi connectivity index (χ3v) is 2.78. The first-order chi connectivity index (χ1) is 5.61. The van der Waals surface area contributed by atoms with Crippen molar-refractivity contribution in [1.82, 2.24) is 4.90 Å². The van der Waals surface area contributed by atoms with E-state index in [0.717, 1.165) is 19.0 Å². The Balaban J connectivity index is 2.39. The SMILES string of the molecule is CC1CCN(C(C)C(N)=O)CC1. The van der Waals surface area contributed by atoms with Gasteiger partial charge in [-0.2, -0.15) is 0 Å². The fourth-order valence-electron chi connectivity index (χ4n) is 1.60. The van der Waals surface area contributed by atoms with E-state index < -0.39 is 0 Å². The summed E-state index contributed by atoms with van der Waals surface area (Å²) >= 11 is 0. The molecule has 3 nitrogen and oxygen atoms in total. The van der Waals surface area contributed by atoms with Gasteiger partial charge in [-0.1, -0.05) is 6.92 Å². The fourth-order valence-corrected chi connectivity index (χ4v) is 1.60. The van der Waals surface area contributed by atoms with Crippen LogP contribution in [0, 0.1) is 5.92 Å². The highest BCUT2D eigenvalue weighted by Crippen LogP contribution is 2.17. The lowest BCUT2D eigenvalue weighted by atomic mass is 9.98. The van der Waals surface area contributed by atoms with Crippen molar-refractivity contribution >= 4 is 5.91 Å². The van der Waals surface area contributed by atoms with Gasteiger partial charge in [-0.05, 0) is 38.8 Å². The summed E-state index contributed by atoms with van der Waals surface area (Å²) in [6.45, 7) is 6.18. The summed E-state index contributed by atoms with van der Waals surface area (Å²) < 4.78 is 0. The van der Waals surface area contributed by atoms with Crippen LogP contribution in [0.15, 0.2) is 0 Å². The van der Waals surface area contributed by atoms with Gasteiger partial charge in [-0.3, -0.25) is 9.69 Å². The second kappa shape index (κ2) is 3.90. The molecule has 0 aromatic carbocycles. The maximum atomic E-state index is 10.9. The normalized spacial score (nSPS) is 23.8. The Kier molecular flexibility index (Phi) is 3.09. The molecule has 1 rings (SSSR count). The first kappa shape index (κ1) is 9.52. The highest BCUT2D eigenvalue weighted by molar-refractivity contribution is 5.79. The lowest BCUT2D eigenvalue weighted by Gasteiger charge is -2.33. The summed E-state index contributed by atoms with van der Waals surface area (Å²) in [6, 6.07) is -0.0856. The van der Waals surface area contributed by atoms with E-state index in [-0.39, 0.29) is 11.9 Å². The third kappa shape index (κ3) is 2.21. The molecule has 1 aliphatic rings. The Hall–Kier alpha value is -0.570. The molecular weight excluding hydrogens is 152 g/mol. The second-order valence-corrected chi connectivity index (χ2v) is 3.80. The zero-order valence-electron chi connectivity index (χ0n) is 7.92. The number of rotatable bonds is 2. The van der Waals surface area contributed by atoms with Crippen molar-refractivity contribution < 1.29 is 4.79 Å². The molecule has 1 atom stereocenters. The van der Waals surface area contributed by atoms with Crippen LogP contribution < -0.4 is 5.73 Å². The van der Waals surface area contributed by atoms with E-state index in [9.17, 15) is 4.79 Å². The van der Waals surface area contributed by atoms with Gasteiger partial charge in [0.05, 0.1) is 6.04 Å².